The second-order valence-electron chi connectivity index (χ2n) is 5.46. The van der Waals surface area contributed by atoms with E-state index in [1.807, 2.05) is 6.07 Å². The predicted octanol–water partition coefficient (Wildman–Crippen LogP) is 2.61. The molecule has 1 saturated heterocycles. The lowest BCUT2D eigenvalue weighted by Gasteiger charge is -2.37. The molecule has 0 saturated carbocycles. The Morgan fingerprint density at radius 3 is 2.78 bits per heavy atom. The maximum atomic E-state index is 11.0. The Balaban J connectivity index is 2.06. The van der Waals surface area contributed by atoms with Gasteiger partial charge in [0.1, 0.15) is 0 Å². The molecule has 3 nitrogen and oxygen atoms in total. The average molecular weight is 245 g/mol. The zero-order valence-corrected chi connectivity index (χ0v) is 10.9. The van der Waals surface area contributed by atoms with E-state index in [0.717, 1.165) is 42.6 Å². The van der Waals surface area contributed by atoms with Gasteiger partial charge in [-0.1, -0.05) is 0 Å². The highest BCUT2D eigenvalue weighted by atomic mass is 16.3. The quantitative estimate of drug-likeness (QED) is 0.839. The highest BCUT2D eigenvalue weighted by Crippen LogP contribution is 2.43. The van der Waals surface area contributed by atoms with Crippen LogP contribution in [0.2, 0.25) is 0 Å². The molecule has 18 heavy (non-hydrogen) atoms. The third kappa shape index (κ3) is 1.74. The van der Waals surface area contributed by atoms with Crippen molar-refractivity contribution in [3.63, 3.8) is 0 Å². The minimum Gasteiger partial charge on any atom is -0.472 e. The van der Waals surface area contributed by atoms with E-state index in [9.17, 15) is 5.11 Å². The van der Waals surface area contributed by atoms with Crippen LogP contribution in [0.5, 0.6) is 0 Å². The summed E-state index contributed by atoms with van der Waals surface area (Å²) < 4.78 is 5.21. The number of rotatable bonds is 1. The van der Waals surface area contributed by atoms with Gasteiger partial charge in [0.25, 0.3) is 0 Å². The maximum absolute atomic E-state index is 11.0. The molecule has 0 aromatic rings. The highest BCUT2D eigenvalue weighted by Gasteiger charge is 2.37. The summed E-state index contributed by atoms with van der Waals surface area (Å²) in [4.78, 5) is 2.27. The molecule has 0 amide bonds. The van der Waals surface area contributed by atoms with E-state index >= 15 is 0 Å². The summed E-state index contributed by atoms with van der Waals surface area (Å²) in [7, 11) is 2.11. The number of piperidine rings is 1. The minimum atomic E-state index is -0.681. The molecule has 3 heteroatoms. The van der Waals surface area contributed by atoms with E-state index < -0.39 is 5.60 Å². The van der Waals surface area contributed by atoms with Crippen molar-refractivity contribution in [3.05, 3.63) is 35.8 Å². The Kier molecular flexibility index (Phi) is 2.68. The molecule has 2 aliphatic heterocycles. The van der Waals surface area contributed by atoms with Gasteiger partial charge in [0.2, 0.25) is 0 Å². The van der Waals surface area contributed by atoms with Crippen molar-refractivity contribution in [2.24, 2.45) is 0 Å². The van der Waals surface area contributed by atoms with Crippen LogP contribution in [0, 0.1) is 6.92 Å². The lowest BCUT2D eigenvalue weighted by Crippen LogP contribution is -2.41. The molecular formula is C15H19NO2. The molecule has 2 heterocycles. The topological polar surface area (TPSA) is 36.6 Å². The van der Waals surface area contributed by atoms with Gasteiger partial charge in [-0.05, 0) is 55.6 Å². The fraction of sp³-hybridized carbons (Fsp3) is 0.467. The van der Waals surface area contributed by atoms with E-state index in [4.69, 9.17) is 4.42 Å². The van der Waals surface area contributed by atoms with E-state index in [2.05, 4.69) is 24.9 Å². The summed E-state index contributed by atoms with van der Waals surface area (Å²) in [5.41, 5.74) is 3.79. The van der Waals surface area contributed by atoms with Crippen molar-refractivity contribution < 1.29 is 9.52 Å². The second kappa shape index (κ2) is 4.11. The third-order valence-corrected chi connectivity index (χ3v) is 4.13. The van der Waals surface area contributed by atoms with Gasteiger partial charge in [-0.3, -0.25) is 0 Å². The van der Waals surface area contributed by atoms with E-state index in [1.54, 1.807) is 12.5 Å². The van der Waals surface area contributed by atoms with Crippen LogP contribution in [0.25, 0.3) is 11.1 Å². The normalized spacial score (nSPS) is 20.4. The van der Waals surface area contributed by atoms with Gasteiger partial charge >= 0.3 is 0 Å². The summed E-state index contributed by atoms with van der Waals surface area (Å²) in [6.45, 7) is 3.96. The predicted molar refractivity (Wildman–Crippen MR) is 70.7 cm³/mol. The Labute approximate surface area is 107 Å². The van der Waals surface area contributed by atoms with Crippen molar-refractivity contribution in [1.82, 2.24) is 4.90 Å². The molecule has 1 N–H and O–H groups in total. The van der Waals surface area contributed by atoms with Crippen LogP contribution < -0.4 is 0 Å². The van der Waals surface area contributed by atoms with Crippen molar-refractivity contribution in [2.45, 2.75) is 25.4 Å². The van der Waals surface area contributed by atoms with Gasteiger partial charge < -0.3 is 14.4 Å². The molecule has 0 spiro atoms. The van der Waals surface area contributed by atoms with Crippen molar-refractivity contribution >= 4 is 0 Å². The fourth-order valence-electron chi connectivity index (χ4n) is 3.09. The first-order chi connectivity index (χ1) is 8.60. The smallest absolute Gasteiger partial charge is 0.0980 e. The Morgan fingerprint density at radius 1 is 1.33 bits per heavy atom. The van der Waals surface area contributed by atoms with Gasteiger partial charge in [-0.15, -0.1) is 0 Å². The molecule has 96 valence electrons. The fourth-order valence-corrected chi connectivity index (χ4v) is 3.09. The van der Waals surface area contributed by atoms with Gasteiger partial charge in [0, 0.05) is 18.7 Å². The Hall–Kier alpha value is -1.32. The van der Waals surface area contributed by atoms with Crippen LogP contribution in [0.4, 0.5) is 0 Å². The zero-order valence-electron chi connectivity index (χ0n) is 10.9. The van der Waals surface area contributed by atoms with Crippen LogP contribution in [0.15, 0.2) is 29.1 Å². The van der Waals surface area contributed by atoms with E-state index in [0.29, 0.717) is 0 Å². The van der Waals surface area contributed by atoms with E-state index in [-0.39, 0.29) is 0 Å². The summed E-state index contributed by atoms with van der Waals surface area (Å²) in [5.74, 6) is 0. The summed E-state index contributed by atoms with van der Waals surface area (Å²) in [5, 5.41) is 11.0. The molecule has 3 rings (SSSR count). The number of hydrogen-bond acceptors (Lipinski definition) is 3. The number of aliphatic hydroxyl groups is 1. The molecule has 3 aliphatic rings. The van der Waals surface area contributed by atoms with Crippen LogP contribution in [0.1, 0.15) is 24.0 Å². The van der Waals surface area contributed by atoms with Crippen LogP contribution in [-0.2, 0) is 5.60 Å². The lowest BCUT2D eigenvalue weighted by atomic mass is 9.82. The third-order valence-electron chi connectivity index (χ3n) is 4.13. The van der Waals surface area contributed by atoms with Gasteiger partial charge in [-0.2, -0.15) is 0 Å². The summed E-state index contributed by atoms with van der Waals surface area (Å²) >= 11 is 0. The number of aryl methyl sites for hydroxylation is 1. The van der Waals surface area contributed by atoms with Crippen molar-refractivity contribution in [3.8, 4) is 11.1 Å². The van der Waals surface area contributed by atoms with Crippen LogP contribution >= 0.6 is 0 Å². The number of hydrogen-bond donors (Lipinski definition) is 1. The largest absolute Gasteiger partial charge is 0.472 e. The van der Waals surface area contributed by atoms with Crippen LogP contribution in [-0.4, -0.2) is 30.1 Å². The standard InChI is InChI=1S/C15H19NO2/c1-11-9-12-10-18-8-3-13(12)14(11)15(17)4-6-16(2)7-5-15/h3,8-10,17H,4-7H2,1-2H3. The zero-order chi connectivity index (χ0) is 12.8. The SMILES string of the molecule is Cc1cc2coccc-2c1C1(O)CCN(C)CC1. The average Bonchev–Trinajstić information content (AvgIpc) is 2.70. The van der Waals surface area contributed by atoms with Crippen molar-refractivity contribution in [2.75, 3.05) is 20.1 Å². The van der Waals surface area contributed by atoms with E-state index in [1.165, 1.54) is 5.56 Å². The Morgan fingerprint density at radius 2 is 2.06 bits per heavy atom. The first-order valence-corrected chi connectivity index (χ1v) is 6.47. The molecule has 0 unspecified atom stereocenters. The highest BCUT2D eigenvalue weighted by molar-refractivity contribution is 5.73. The van der Waals surface area contributed by atoms with Gasteiger partial charge in [0.15, 0.2) is 0 Å². The first kappa shape index (κ1) is 11.8. The molecule has 0 atom stereocenters. The number of fused-ring (bicyclic) bond motifs is 1. The Bertz CT molecular complexity index is 523. The van der Waals surface area contributed by atoms with Crippen molar-refractivity contribution in [1.29, 1.82) is 0 Å². The molecule has 0 aromatic heterocycles. The first-order valence-electron chi connectivity index (χ1n) is 6.47. The minimum absolute atomic E-state index is 0.681. The van der Waals surface area contributed by atoms with Crippen LogP contribution in [0.3, 0.4) is 0 Å². The summed E-state index contributed by atoms with van der Waals surface area (Å²) in [6, 6.07) is 4.07. The maximum Gasteiger partial charge on any atom is 0.0980 e. The van der Waals surface area contributed by atoms with Gasteiger partial charge in [-0.25, -0.2) is 0 Å². The number of likely N-dealkylation sites (tertiary alicyclic amines) is 1. The molecular weight excluding hydrogens is 226 g/mol. The lowest BCUT2D eigenvalue weighted by molar-refractivity contribution is -0.0200. The molecule has 0 aromatic carbocycles. The second-order valence-corrected chi connectivity index (χ2v) is 5.46. The molecule has 1 aliphatic carbocycles. The number of nitrogens with zero attached hydrogens (tertiary/aromatic N) is 1. The van der Waals surface area contributed by atoms with Gasteiger partial charge in [0.05, 0.1) is 18.1 Å². The molecule has 0 bridgehead atoms. The molecule has 1 fully saturated rings. The molecule has 0 radical (unpaired) electrons. The summed E-state index contributed by atoms with van der Waals surface area (Å²) in [6.07, 6.45) is 5.04. The monoisotopic (exact) mass is 245 g/mol.